The number of carbonyl (C=O) groups excluding carboxylic acids is 2. The molecule has 2 rings (SSSR count). The Morgan fingerprint density at radius 2 is 1.96 bits per heavy atom. The van der Waals surface area contributed by atoms with Gasteiger partial charge in [0.1, 0.15) is 0 Å². The van der Waals surface area contributed by atoms with Crippen LogP contribution in [0.1, 0.15) is 45.6 Å². The van der Waals surface area contributed by atoms with Crippen LogP contribution < -0.4 is 11.1 Å². The van der Waals surface area contributed by atoms with Gasteiger partial charge in [-0.15, -0.1) is 12.4 Å². The minimum atomic E-state index is -0.375. The SMILES string of the molecule is CC(C)(C)C(=O)NCC1CCCN(C(=O)CCc2ccccc2N)C1.Cl. The Bertz CT molecular complexity index is 613. The fraction of sp³-hybridized carbons (Fsp3) is 0.600. The van der Waals surface area contributed by atoms with E-state index >= 15 is 0 Å². The quantitative estimate of drug-likeness (QED) is 0.770. The zero-order valence-corrected chi connectivity index (χ0v) is 16.9. The number of hydrogen-bond donors (Lipinski definition) is 2. The number of aryl methyl sites for hydroxylation is 1. The van der Waals surface area contributed by atoms with Gasteiger partial charge in [0.05, 0.1) is 0 Å². The average Bonchev–Trinajstić information content (AvgIpc) is 2.58. The molecule has 1 aliphatic rings. The molecule has 5 nitrogen and oxygen atoms in total. The largest absolute Gasteiger partial charge is 0.399 e. The number of nitrogens with one attached hydrogen (secondary N) is 1. The number of hydrogen-bond acceptors (Lipinski definition) is 3. The first-order valence-electron chi connectivity index (χ1n) is 9.17. The molecule has 146 valence electrons. The van der Waals surface area contributed by atoms with Crippen molar-refractivity contribution >= 4 is 29.9 Å². The fourth-order valence-corrected chi connectivity index (χ4v) is 3.12. The molecule has 1 heterocycles. The maximum atomic E-state index is 12.5. The summed E-state index contributed by atoms with van der Waals surface area (Å²) in [6.07, 6.45) is 3.21. The zero-order chi connectivity index (χ0) is 18.4. The second-order valence-electron chi connectivity index (χ2n) is 8.01. The molecule has 2 amide bonds. The third-order valence-corrected chi connectivity index (χ3v) is 4.77. The van der Waals surface area contributed by atoms with Crippen LogP contribution in [0.3, 0.4) is 0 Å². The van der Waals surface area contributed by atoms with E-state index in [1.165, 1.54) is 0 Å². The number of nitrogens with two attached hydrogens (primary N) is 1. The fourth-order valence-electron chi connectivity index (χ4n) is 3.12. The number of anilines is 1. The van der Waals surface area contributed by atoms with Crippen LogP contribution in [0.2, 0.25) is 0 Å². The Kier molecular flexibility index (Phi) is 8.41. The van der Waals surface area contributed by atoms with Gasteiger partial charge in [0.2, 0.25) is 11.8 Å². The number of rotatable bonds is 5. The number of piperidine rings is 1. The summed E-state index contributed by atoms with van der Waals surface area (Å²) in [7, 11) is 0. The number of carbonyl (C=O) groups is 2. The summed E-state index contributed by atoms with van der Waals surface area (Å²) >= 11 is 0. The molecule has 1 aromatic rings. The lowest BCUT2D eigenvalue weighted by atomic mass is 9.94. The van der Waals surface area contributed by atoms with Crippen LogP contribution >= 0.6 is 12.4 Å². The van der Waals surface area contributed by atoms with Crippen molar-refractivity contribution in [2.75, 3.05) is 25.4 Å². The lowest BCUT2D eigenvalue weighted by Crippen LogP contribution is -2.45. The van der Waals surface area contributed by atoms with Crippen LogP contribution in [-0.4, -0.2) is 36.3 Å². The summed E-state index contributed by atoms with van der Waals surface area (Å²) < 4.78 is 0. The van der Waals surface area contributed by atoms with E-state index in [0.717, 1.165) is 37.2 Å². The number of para-hydroxylation sites is 1. The van der Waals surface area contributed by atoms with E-state index < -0.39 is 0 Å². The standard InChI is InChI=1S/C20H31N3O2.ClH/c1-20(2,3)19(25)22-13-15-7-6-12-23(14-15)18(24)11-10-16-8-4-5-9-17(16)21;/h4-5,8-9,15H,6-7,10-14,21H2,1-3H3,(H,22,25);1H. The number of nitrogen functional groups attached to an aromatic ring is 1. The van der Waals surface area contributed by atoms with E-state index in [0.29, 0.717) is 25.3 Å². The van der Waals surface area contributed by atoms with Gasteiger partial charge in [0.25, 0.3) is 0 Å². The Labute approximate surface area is 163 Å². The molecule has 26 heavy (non-hydrogen) atoms. The Morgan fingerprint density at radius 3 is 2.62 bits per heavy atom. The van der Waals surface area contributed by atoms with Crippen molar-refractivity contribution in [3.8, 4) is 0 Å². The smallest absolute Gasteiger partial charge is 0.225 e. The molecule has 1 aliphatic heterocycles. The van der Waals surface area contributed by atoms with Crippen molar-refractivity contribution in [3.63, 3.8) is 0 Å². The molecule has 6 heteroatoms. The van der Waals surface area contributed by atoms with Crippen molar-refractivity contribution in [2.45, 2.75) is 46.5 Å². The number of likely N-dealkylation sites (tertiary alicyclic amines) is 1. The number of halogens is 1. The molecule has 0 bridgehead atoms. The van der Waals surface area contributed by atoms with Crippen molar-refractivity contribution in [3.05, 3.63) is 29.8 Å². The first-order chi connectivity index (χ1) is 11.8. The summed E-state index contributed by atoms with van der Waals surface area (Å²) in [5.74, 6) is 0.580. The topological polar surface area (TPSA) is 75.4 Å². The van der Waals surface area contributed by atoms with Crippen LogP contribution in [0.4, 0.5) is 5.69 Å². The van der Waals surface area contributed by atoms with E-state index in [4.69, 9.17) is 5.73 Å². The lowest BCUT2D eigenvalue weighted by Gasteiger charge is -2.33. The minimum absolute atomic E-state index is 0. The van der Waals surface area contributed by atoms with Crippen LogP contribution in [0.15, 0.2) is 24.3 Å². The van der Waals surface area contributed by atoms with E-state index in [-0.39, 0.29) is 29.6 Å². The third-order valence-electron chi connectivity index (χ3n) is 4.77. The van der Waals surface area contributed by atoms with Crippen LogP contribution in [0.5, 0.6) is 0 Å². The van der Waals surface area contributed by atoms with Gasteiger partial charge in [-0.25, -0.2) is 0 Å². The molecule has 1 aromatic carbocycles. The third kappa shape index (κ3) is 6.52. The predicted molar refractivity (Wildman–Crippen MR) is 108 cm³/mol. The van der Waals surface area contributed by atoms with Gasteiger partial charge in [0, 0.05) is 37.2 Å². The molecule has 1 fully saturated rings. The van der Waals surface area contributed by atoms with Gasteiger partial charge < -0.3 is 16.0 Å². The highest BCUT2D eigenvalue weighted by Gasteiger charge is 2.26. The van der Waals surface area contributed by atoms with Crippen LogP contribution in [-0.2, 0) is 16.0 Å². The van der Waals surface area contributed by atoms with Crippen molar-refractivity contribution in [1.82, 2.24) is 10.2 Å². The first kappa shape index (κ1) is 22.3. The van der Waals surface area contributed by atoms with E-state index in [9.17, 15) is 9.59 Å². The number of amides is 2. The molecule has 0 spiro atoms. The molecule has 1 unspecified atom stereocenters. The Morgan fingerprint density at radius 1 is 1.27 bits per heavy atom. The van der Waals surface area contributed by atoms with E-state index in [1.54, 1.807) is 0 Å². The van der Waals surface area contributed by atoms with Crippen molar-refractivity contribution in [2.24, 2.45) is 11.3 Å². The van der Waals surface area contributed by atoms with Crippen LogP contribution in [0, 0.1) is 11.3 Å². The van der Waals surface area contributed by atoms with E-state index in [2.05, 4.69) is 5.32 Å². The van der Waals surface area contributed by atoms with E-state index in [1.807, 2.05) is 49.9 Å². The molecular weight excluding hydrogens is 350 g/mol. The maximum Gasteiger partial charge on any atom is 0.225 e. The molecular formula is C20H32ClN3O2. The number of benzene rings is 1. The molecule has 0 aromatic heterocycles. The molecule has 1 saturated heterocycles. The predicted octanol–water partition coefficient (Wildman–Crippen LogP) is 3.02. The Balaban J connectivity index is 0.00000338. The summed E-state index contributed by atoms with van der Waals surface area (Å²) in [6, 6.07) is 7.70. The molecule has 0 aliphatic carbocycles. The van der Waals surface area contributed by atoms with Gasteiger partial charge >= 0.3 is 0 Å². The van der Waals surface area contributed by atoms with Crippen LogP contribution in [0.25, 0.3) is 0 Å². The van der Waals surface area contributed by atoms with Gasteiger partial charge in [-0.2, -0.15) is 0 Å². The highest BCUT2D eigenvalue weighted by Crippen LogP contribution is 2.19. The van der Waals surface area contributed by atoms with Gasteiger partial charge in [-0.05, 0) is 36.8 Å². The van der Waals surface area contributed by atoms with Gasteiger partial charge in [-0.3, -0.25) is 9.59 Å². The summed E-state index contributed by atoms with van der Waals surface area (Å²) in [4.78, 5) is 26.5. The van der Waals surface area contributed by atoms with Gasteiger partial charge in [-0.1, -0.05) is 39.0 Å². The second-order valence-corrected chi connectivity index (χ2v) is 8.01. The van der Waals surface area contributed by atoms with Gasteiger partial charge in [0.15, 0.2) is 0 Å². The normalized spacial score (nSPS) is 17.3. The summed E-state index contributed by atoms with van der Waals surface area (Å²) in [6.45, 7) is 7.92. The average molecular weight is 382 g/mol. The molecule has 1 atom stereocenters. The first-order valence-corrected chi connectivity index (χ1v) is 9.17. The van der Waals surface area contributed by atoms with Crippen molar-refractivity contribution in [1.29, 1.82) is 0 Å². The molecule has 0 radical (unpaired) electrons. The molecule has 3 N–H and O–H groups in total. The highest BCUT2D eigenvalue weighted by atomic mass is 35.5. The zero-order valence-electron chi connectivity index (χ0n) is 16.1. The second kappa shape index (κ2) is 9.81. The van der Waals surface area contributed by atoms with Crippen molar-refractivity contribution < 1.29 is 9.59 Å². The Hall–Kier alpha value is -1.75. The minimum Gasteiger partial charge on any atom is -0.399 e. The maximum absolute atomic E-state index is 12.5. The highest BCUT2D eigenvalue weighted by molar-refractivity contribution is 5.85. The summed E-state index contributed by atoms with van der Waals surface area (Å²) in [5.41, 5.74) is 7.35. The molecule has 0 saturated carbocycles. The monoisotopic (exact) mass is 381 g/mol. The summed E-state index contributed by atoms with van der Waals surface area (Å²) in [5, 5.41) is 3.02. The number of nitrogens with zero attached hydrogens (tertiary/aromatic N) is 1. The lowest BCUT2D eigenvalue weighted by molar-refractivity contribution is -0.133.